The van der Waals surface area contributed by atoms with Crippen molar-refractivity contribution in [3.8, 4) is 0 Å². The summed E-state index contributed by atoms with van der Waals surface area (Å²) >= 11 is 0. The summed E-state index contributed by atoms with van der Waals surface area (Å²) in [4.78, 5) is 8.82. The molecule has 0 bridgehead atoms. The lowest BCUT2D eigenvalue weighted by molar-refractivity contribution is 0.0705. The van der Waals surface area contributed by atoms with Crippen LogP contribution in [0.1, 0.15) is 37.6 Å². The monoisotopic (exact) mass is 282 g/mol. The summed E-state index contributed by atoms with van der Waals surface area (Å²) in [6, 6.07) is 0. The molecule has 1 rings (SSSR count). The molecule has 0 atom stereocenters. The fraction of sp³-hybridized carbons (Fsp3) is 0.714. The minimum absolute atomic E-state index is 0.260. The van der Waals surface area contributed by atoms with E-state index in [-0.39, 0.29) is 5.92 Å². The molecule has 1 heterocycles. The Hall–Kier alpha value is -1.40. The van der Waals surface area contributed by atoms with Gasteiger partial charge in [-0.25, -0.2) is 9.97 Å². The predicted octanol–water partition coefficient (Wildman–Crippen LogP) is 1.96. The van der Waals surface area contributed by atoms with Crippen molar-refractivity contribution in [3.05, 3.63) is 11.4 Å². The van der Waals surface area contributed by atoms with Gasteiger partial charge >= 0.3 is 0 Å². The normalized spacial score (nSPS) is 11.1. The van der Waals surface area contributed by atoms with Gasteiger partial charge in [-0.3, -0.25) is 0 Å². The van der Waals surface area contributed by atoms with Gasteiger partial charge in [0.1, 0.15) is 17.5 Å². The average Bonchev–Trinajstić information content (AvgIpc) is 2.41. The fourth-order valence-electron chi connectivity index (χ4n) is 1.61. The van der Waals surface area contributed by atoms with Crippen LogP contribution in [0.15, 0.2) is 0 Å². The third kappa shape index (κ3) is 5.30. The van der Waals surface area contributed by atoms with Crippen molar-refractivity contribution in [2.45, 2.75) is 33.1 Å². The highest BCUT2D eigenvalue weighted by Crippen LogP contribution is 2.20. The molecule has 0 fully saturated rings. The molecule has 114 valence electrons. The van der Waals surface area contributed by atoms with E-state index in [4.69, 9.17) is 15.2 Å². The zero-order chi connectivity index (χ0) is 15.0. The number of nitrogens with zero attached hydrogens (tertiary/aromatic N) is 2. The minimum Gasteiger partial charge on any atom is -0.383 e. The molecule has 3 N–H and O–H groups in total. The topological polar surface area (TPSA) is 82.3 Å². The van der Waals surface area contributed by atoms with Gasteiger partial charge in [-0.2, -0.15) is 0 Å². The summed E-state index contributed by atoms with van der Waals surface area (Å²) in [6.45, 7) is 8.79. The molecular weight excluding hydrogens is 256 g/mol. The van der Waals surface area contributed by atoms with E-state index in [9.17, 15) is 0 Å². The van der Waals surface area contributed by atoms with Gasteiger partial charge in [0.2, 0.25) is 0 Å². The van der Waals surface area contributed by atoms with Crippen LogP contribution < -0.4 is 11.1 Å². The van der Waals surface area contributed by atoms with Gasteiger partial charge in [-0.15, -0.1) is 0 Å². The van der Waals surface area contributed by atoms with Crippen LogP contribution in [0.2, 0.25) is 0 Å². The van der Waals surface area contributed by atoms with Crippen LogP contribution in [0.25, 0.3) is 0 Å². The Morgan fingerprint density at radius 1 is 1.20 bits per heavy atom. The SMILES string of the molecule is COCCOCCCNc1nc(C(C)C)nc(N)c1C. The highest BCUT2D eigenvalue weighted by molar-refractivity contribution is 5.54. The molecule has 1 aromatic rings. The van der Waals surface area contributed by atoms with E-state index in [1.165, 1.54) is 0 Å². The highest BCUT2D eigenvalue weighted by Gasteiger charge is 2.10. The van der Waals surface area contributed by atoms with Crippen molar-refractivity contribution in [2.75, 3.05) is 44.5 Å². The zero-order valence-electron chi connectivity index (χ0n) is 12.9. The van der Waals surface area contributed by atoms with E-state index >= 15 is 0 Å². The number of methoxy groups -OCH3 is 1. The van der Waals surface area contributed by atoms with Crippen LogP contribution in [0, 0.1) is 6.92 Å². The van der Waals surface area contributed by atoms with Gasteiger partial charge in [0, 0.05) is 31.7 Å². The van der Waals surface area contributed by atoms with Gasteiger partial charge in [0.15, 0.2) is 0 Å². The van der Waals surface area contributed by atoms with Crippen LogP contribution in [0.4, 0.5) is 11.6 Å². The van der Waals surface area contributed by atoms with Crippen molar-refractivity contribution in [2.24, 2.45) is 0 Å². The molecule has 6 heteroatoms. The van der Waals surface area contributed by atoms with Gasteiger partial charge in [0.25, 0.3) is 0 Å². The lowest BCUT2D eigenvalue weighted by Gasteiger charge is -2.13. The molecule has 0 aliphatic rings. The van der Waals surface area contributed by atoms with Gasteiger partial charge in [-0.1, -0.05) is 13.8 Å². The first-order valence-corrected chi connectivity index (χ1v) is 7.00. The third-order valence-corrected chi connectivity index (χ3v) is 2.91. The molecule has 0 unspecified atom stereocenters. The Morgan fingerprint density at radius 2 is 1.95 bits per heavy atom. The molecule has 0 aliphatic carbocycles. The quantitative estimate of drug-likeness (QED) is 0.674. The number of nitrogen functional groups attached to an aromatic ring is 1. The Bertz CT molecular complexity index is 410. The minimum atomic E-state index is 0.260. The molecule has 0 spiro atoms. The van der Waals surface area contributed by atoms with Gasteiger partial charge < -0.3 is 20.5 Å². The molecule has 0 aliphatic heterocycles. The van der Waals surface area contributed by atoms with E-state index in [0.29, 0.717) is 25.6 Å². The first kappa shape index (κ1) is 16.7. The number of ether oxygens (including phenoxy) is 2. The third-order valence-electron chi connectivity index (χ3n) is 2.91. The smallest absolute Gasteiger partial charge is 0.135 e. The molecule has 0 aromatic carbocycles. The van der Waals surface area contributed by atoms with Crippen molar-refractivity contribution in [1.82, 2.24) is 9.97 Å². The molecule has 0 saturated heterocycles. The number of aromatic nitrogens is 2. The second kappa shape index (κ2) is 8.71. The molecule has 0 radical (unpaired) electrons. The largest absolute Gasteiger partial charge is 0.383 e. The average molecular weight is 282 g/mol. The predicted molar refractivity (Wildman–Crippen MR) is 81.1 cm³/mol. The maximum atomic E-state index is 5.91. The van der Waals surface area contributed by atoms with E-state index in [0.717, 1.165) is 30.2 Å². The molecule has 6 nitrogen and oxygen atoms in total. The maximum Gasteiger partial charge on any atom is 0.135 e. The second-order valence-electron chi connectivity index (χ2n) is 4.98. The van der Waals surface area contributed by atoms with Crippen LogP contribution >= 0.6 is 0 Å². The fourth-order valence-corrected chi connectivity index (χ4v) is 1.61. The Labute approximate surface area is 121 Å². The Morgan fingerprint density at radius 3 is 2.60 bits per heavy atom. The zero-order valence-corrected chi connectivity index (χ0v) is 12.9. The maximum absolute atomic E-state index is 5.91. The summed E-state index contributed by atoms with van der Waals surface area (Å²) in [5, 5.41) is 3.30. The van der Waals surface area contributed by atoms with Crippen molar-refractivity contribution in [1.29, 1.82) is 0 Å². The number of anilines is 2. The van der Waals surface area contributed by atoms with E-state index in [1.807, 2.05) is 6.92 Å². The van der Waals surface area contributed by atoms with E-state index in [1.54, 1.807) is 7.11 Å². The number of hydrogen-bond acceptors (Lipinski definition) is 6. The standard InChI is InChI=1S/C14H26N4O2/c1-10(2)13-17-12(15)11(3)14(18-13)16-6-5-7-20-9-8-19-4/h10H,5-9H2,1-4H3,(H3,15,16,17,18). The number of rotatable bonds is 9. The number of hydrogen-bond donors (Lipinski definition) is 2. The summed E-state index contributed by atoms with van der Waals surface area (Å²) in [6.07, 6.45) is 0.907. The second-order valence-corrected chi connectivity index (χ2v) is 4.98. The number of nitrogens with two attached hydrogens (primary N) is 1. The van der Waals surface area contributed by atoms with Crippen LogP contribution in [-0.2, 0) is 9.47 Å². The Kier molecular flexibility index (Phi) is 7.25. The lowest BCUT2D eigenvalue weighted by Crippen LogP contribution is -2.13. The molecule has 1 aromatic heterocycles. The Balaban J connectivity index is 2.43. The summed E-state index contributed by atoms with van der Waals surface area (Å²) in [5.74, 6) is 2.39. The van der Waals surface area contributed by atoms with Crippen molar-refractivity contribution < 1.29 is 9.47 Å². The molecule has 0 amide bonds. The summed E-state index contributed by atoms with van der Waals surface area (Å²) < 4.78 is 10.3. The van der Waals surface area contributed by atoms with Gasteiger partial charge in [-0.05, 0) is 13.3 Å². The number of nitrogens with one attached hydrogen (secondary N) is 1. The van der Waals surface area contributed by atoms with E-state index < -0.39 is 0 Å². The summed E-state index contributed by atoms with van der Waals surface area (Å²) in [5.41, 5.74) is 6.81. The lowest BCUT2D eigenvalue weighted by atomic mass is 10.2. The van der Waals surface area contributed by atoms with Crippen LogP contribution in [0.5, 0.6) is 0 Å². The van der Waals surface area contributed by atoms with Crippen molar-refractivity contribution in [3.63, 3.8) is 0 Å². The molecule has 20 heavy (non-hydrogen) atoms. The van der Waals surface area contributed by atoms with E-state index in [2.05, 4.69) is 29.1 Å². The molecule has 0 saturated carbocycles. The highest BCUT2D eigenvalue weighted by atomic mass is 16.5. The summed E-state index contributed by atoms with van der Waals surface area (Å²) in [7, 11) is 1.67. The van der Waals surface area contributed by atoms with Crippen LogP contribution in [0.3, 0.4) is 0 Å². The van der Waals surface area contributed by atoms with Crippen LogP contribution in [-0.4, -0.2) is 43.4 Å². The van der Waals surface area contributed by atoms with Gasteiger partial charge in [0.05, 0.1) is 13.2 Å². The first-order valence-electron chi connectivity index (χ1n) is 7.00. The van der Waals surface area contributed by atoms with Crippen molar-refractivity contribution >= 4 is 11.6 Å². The molecular formula is C14H26N4O2. The first-order chi connectivity index (χ1) is 9.56.